The number of halogens is 3. The van der Waals surface area contributed by atoms with Crippen LogP contribution in [-0.4, -0.2) is 10.8 Å². The SMILES string of the molecule is NC(=S)N/N=C(\CCc1ccccc1)c1cccc(C(F)(F)F)c1. The van der Waals surface area contributed by atoms with Crippen LogP contribution in [0, 0.1) is 0 Å². The Morgan fingerprint density at radius 1 is 1.08 bits per heavy atom. The molecule has 2 aromatic rings. The molecule has 0 amide bonds. The first-order valence-corrected chi connectivity index (χ1v) is 7.60. The van der Waals surface area contributed by atoms with Crippen LogP contribution in [0.1, 0.15) is 23.1 Å². The molecular formula is C17H16F3N3S. The van der Waals surface area contributed by atoms with E-state index in [2.05, 4.69) is 10.5 Å². The zero-order valence-corrected chi connectivity index (χ0v) is 13.5. The molecule has 0 aliphatic rings. The Hall–Kier alpha value is -2.41. The van der Waals surface area contributed by atoms with Crippen molar-refractivity contribution in [2.75, 3.05) is 0 Å². The molecule has 0 aliphatic carbocycles. The summed E-state index contributed by atoms with van der Waals surface area (Å²) in [7, 11) is 0. The third-order valence-corrected chi connectivity index (χ3v) is 3.41. The molecule has 3 N–H and O–H groups in total. The fourth-order valence-corrected chi connectivity index (χ4v) is 2.22. The van der Waals surface area contributed by atoms with Crippen molar-refractivity contribution in [1.82, 2.24) is 5.43 Å². The van der Waals surface area contributed by atoms with Crippen LogP contribution >= 0.6 is 12.2 Å². The van der Waals surface area contributed by atoms with Crippen molar-refractivity contribution in [1.29, 1.82) is 0 Å². The van der Waals surface area contributed by atoms with E-state index in [1.165, 1.54) is 6.07 Å². The molecule has 0 saturated heterocycles. The van der Waals surface area contributed by atoms with Gasteiger partial charge in [0.05, 0.1) is 11.3 Å². The van der Waals surface area contributed by atoms with Gasteiger partial charge in [0.25, 0.3) is 0 Å². The average molecular weight is 351 g/mol. The maximum atomic E-state index is 12.9. The highest BCUT2D eigenvalue weighted by atomic mass is 32.1. The molecule has 0 atom stereocenters. The molecule has 0 spiro atoms. The smallest absolute Gasteiger partial charge is 0.375 e. The number of nitrogens with one attached hydrogen (secondary N) is 1. The molecule has 2 rings (SSSR count). The van der Waals surface area contributed by atoms with Crippen LogP contribution in [0.3, 0.4) is 0 Å². The Balaban J connectivity index is 2.26. The normalized spacial score (nSPS) is 12.0. The van der Waals surface area contributed by atoms with Gasteiger partial charge in [-0.15, -0.1) is 0 Å². The summed E-state index contributed by atoms with van der Waals surface area (Å²) < 4.78 is 38.7. The molecule has 0 fully saturated rings. The number of hydrogen-bond acceptors (Lipinski definition) is 2. The number of hydrazone groups is 1. The molecular weight excluding hydrogens is 335 g/mol. The minimum atomic E-state index is -4.41. The maximum Gasteiger partial charge on any atom is 0.416 e. The van der Waals surface area contributed by atoms with Crippen LogP contribution in [0.25, 0.3) is 0 Å². The molecule has 0 bridgehead atoms. The van der Waals surface area contributed by atoms with Crippen LogP contribution in [0.5, 0.6) is 0 Å². The number of thiocarbonyl (C=S) groups is 1. The monoisotopic (exact) mass is 351 g/mol. The van der Waals surface area contributed by atoms with Crippen LogP contribution < -0.4 is 11.2 Å². The third kappa shape index (κ3) is 5.34. The molecule has 126 valence electrons. The first-order valence-electron chi connectivity index (χ1n) is 7.20. The quantitative estimate of drug-likeness (QED) is 0.488. The lowest BCUT2D eigenvalue weighted by Gasteiger charge is -2.11. The number of nitrogens with two attached hydrogens (primary N) is 1. The molecule has 0 aliphatic heterocycles. The summed E-state index contributed by atoms with van der Waals surface area (Å²) in [4.78, 5) is 0. The van der Waals surface area contributed by atoms with Crippen molar-refractivity contribution < 1.29 is 13.2 Å². The molecule has 0 radical (unpaired) electrons. The van der Waals surface area contributed by atoms with Crippen molar-refractivity contribution in [2.24, 2.45) is 10.8 Å². The van der Waals surface area contributed by atoms with Crippen molar-refractivity contribution in [3.8, 4) is 0 Å². The predicted molar refractivity (Wildman–Crippen MR) is 92.7 cm³/mol. The van der Waals surface area contributed by atoms with Crippen LogP contribution in [0.15, 0.2) is 59.7 Å². The Morgan fingerprint density at radius 3 is 2.42 bits per heavy atom. The molecule has 0 saturated carbocycles. The molecule has 0 aromatic heterocycles. The third-order valence-electron chi connectivity index (χ3n) is 3.32. The van der Waals surface area contributed by atoms with Gasteiger partial charge >= 0.3 is 6.18 Å². The minimum Gasteiger partial charge on any atom is -0.375 e. The number of hydrogen-bond donors (Lipinski definition) is 2. The van der Waals surface area contributed by atoms with Crippen LogP contribution in [0.2, 0.25) is 0 Å². The van der Waals surface area contributed by atoms with E-state index < -0.39 is 11.7 Å². The van der Waals surface area contributed by atoms with Gasteiger partial charge in [-0.2, -0.15) is 18.3 Å². The van der Waals surface area contributed by atoms with E-state index in [9.17, 15) is 13.2 Å². The van der Waals surface area contributed by atoms with Gasteiger partial charge < -0.3 is 5.73 Å². The van der Waals surface area contributed by atoms with Gasteiger partial charge in [0, 0.05) is 0 Å². The maximum absolute atomic E-state index is 12.9. The van der Waals surface area contributed by atoms with Crippen molar-refractivity contribution in [2.45, 2.75) is 19.0 Å². The molecule has 24 heavy (non-hydrogen) atoms. The van der Waals surface area contributed by atoms with Crippen molar-refractivity contribution >= 4 is 23.0 Å². The van der Waals surface area contributed by atoms with Gasteiger partial charge in [0.15, 0.2) is 5.11 Å². The summed E-state index contributed by atoms with van der Waals surface area (Å²) in [6.07, 6.45) is -3.33. The lowest BCUT2D eigenvalue weighted by atomic mass is 10.0. The van der Waals surface area contributed by atoms with Gasteiger partial charge in [-0.25, -0.2) is 0 Å². The summed E-state index contributed by atoms with van der Waals surface area (Å²) in [5.74, 6) is 0. The van der Waals surface area contributed by atoms with Crippen molar-refractivity contribution in [3.05, 3.63) is 71.3 Å². The lowest BCUT2D eigenvalue weighted by Crippen LogP contribution is -2.26. The zero-order valence-electron chi connectivity index (χ0n) is 12.7. The zero-order chi connectivity index (χ0) is 17.6. The minimum absolute atomic E-state index is 0.0424. The van der Waals surface area contributed by atoms with Gasteiger partial charge in [0.2, 0.25) is 0 Å². The van der Waals surface area contributed by atoms with E-state index in [-0.39, 0.29) is 5.11 Å². The number of benzene rings is 2. The second kappa shape index (κ2) is 7.92. The van der Waals surface area contributed by atoms with Gasteiger partial charge in [-0.3, -0.25) is 5.43 Å². The van der Waals surface area contributed by atoms with E-state index in [0.717, 1.165) is 17.7 Å². The largest absolute Gasteiger partial charge is 0.416 e. The lowest BCUT2D eigenvalue weighted by molar-refractivity contribution is -0.137. The Labute approximate surface area is 143 Å². The van der Waals surface area contributed by atoms with E-state index in [0.29, 0.717) is 24.1 Å². The summed E-state index contributed by atoms with van der Waals surface area (Å²) in [6, 6.07) is 14.7. The predicted octanol–water partition coefficient (Wildman–Crippen LogP) is 3.88. The summed E-state index contributed by atoms with van der Waals surface area (Å²) in [5.41, 5.74) is 8.99. The van der Waals surface area contributed by atoms with Gasteiger partial charge in [-0.05, 0) is 48.3 Å². The van der Waals surface area contributed by atoms with E-state index in [4.69, 9.17) is 18.0 Å². The number of nitrogens with zero attached hydrogens (tertiary/aromatic N) is 1. The summed E-state index contributed by atoms with van der Waals surface area (Å²) in [5, 5.41) is 4.02. The average Bonchev–Trinajstić information content (AvgIpc) is 2.55. The molecule has 7 heteroatoms. The highest BCUT2D eigenvalue weighted by Gasteiger charge is 2.30. The fourth-order valence-electron chi connectivity index (χ4n) is 2.17. The standard InChI is InChI=1S/C17H16F3N3S/c18-17(19,20)14-8-4-7-13(11-14)15(22-23-16(21)24)10-9-12-5-2-1-3-6-12/h1-8,11H,9-10H2,(H3,21,23,24)/b22-15+. The van der Waals surface area contributed by atoms with Crippen molar-refractivity contribution in [3.63, 3.8) is 0 Å². The molecule has 3 nitrogen and oxygen atoms in total. The topological polar surface area (TPSA) is 50.4 Å². The molecule has 0 unspecified atom stereocenters. The van der Waals surface area contributed by atoms with E-state index in [1.54, 1.807) is 6.07 Å². The Kier molecular flexibility index (Phi) is 5.92. The van der Waals surface area contributed by atoms with Crippen LogP contribution in [0.4, 0.5) is 13.2 Å². The highest BCUT2D eigenvalue weighted by Crippen LogP contribution is 2.29. The molecule has 0 heterocycles. The Morgan fingerprint density at radius 2 is 1.79 bits per heavy atom. The van der Waals surface area contributed by atoms with Gasteiger partial charge in [-0.1, -0.05) is 42.5 Å². The van der Waals surface area contributed by atoms with E-state index >= 15 is 0 Å². The highest BCUT2D eigenvalue weighted by molar-refractivity contribution is 7.80. The number of rotatable bonds is 5. The number of alkyl halides is 3. The number of aryl methyl sites for hydroxylation is 1. The first-order chi connectivity index (χ1) is 11.4. The summed E-state index contributed by atoms with van der Waals surface area (Å²) >= 11 is 4.71. The second-order valence-electron chi connectivity index (χ2n) is 5.10. The summed E-state index contributed by atoms with van der Waals surface area (Å²) in [6.45, 7) is 0. The second-order valence-corrected chi connectivity index (χ2v) is 5.54. The van der Waals surface area contributed by atoms with E-state index in [1.807, 2.05) is 30.3 Å². The van der Waals surface area contributed by atoms with Crippen LogP contribution in [-0.2, 0) is 12.6 Å². The Bertz CT molecular complexity index is 727. The van der Waals surface area contributed by atoms with Gasteiger partial charge in [0.1, 0.15) is 0 Å². The molecule has 2 aromatic carbocycles. The fraction of sp³-hybridized carbons (Fsp3) is 0.176. The first kappa shape index (κ1) is 17.9.